The van der Waals surface area contributed by atoms with Crippen LogP contribution in [-0.2, 0) is 28.1 Å². The van der Waals surface area contributed by atoms with Gasteiger partial charge in [0, 0.05) is 23.0 Å². The first-order valence-electron chi connectivity index (χ1n) is 24.6. The number of nitrogens with zero attached hydrogens (tertiary/aromatic N) is 4. The molecule has 0 radical (unpaired) electrons. The zero-order chi connectivity index (χ0) is 48.5. The van der Waals surface area contributed by atoms with Gasteiger partial charge >= 0.3 is 0 Å². The molecule has 3 heterocycles. The number of pyridine rings is 1. The van der Waals surface area contributed by atoms with Crippen molar-refractivity contribution in [2.24, 2.45) is 0 Å². The van der Waals surface area contributed by atoms with E-state index in [1.807, 2.05) is 6.20 Å². The van der Waals surface area contributed by atoms with E-state index in [1.165, 1.54) is 55.7 Å². The van der Waals surface area contributed by atoms with Crippen LogP contribution in [0.25, 0.3) is 50.1 Å². The molecule has 8 rings (SSSR count). The lowest BCUT2D eigenvalue weighted by Crippen LogP contribution is -2.40. The van der Waals surface area contributed by atoms with Gasteiger partial charge in [0.15, 0.2) is 0 Å². The molecule has 0 amide bonds. The quantitative estimate of drug-likeness (QED) is 0.107. The van der Waals surface area contributed by atoms with Crippen molar-refractivity contribution in [2.45, 2.75) is 158 Å². The third-order valence-electron chi connectivity index (χ3n) is 13.3. The van der Waals surface area contributed by atoms with E-state index in [0.717, 1.165) is 51.5 Å². The van der Waals surface area contributed by atoms with Crippen molar-refractivity contribution in [1.29, 1.82) is 0 Å². The highest BCUT2D eigenvalue weighted by Gasteiger charge is 2.35. The zero-order valence-electron chi connectivity index (χ0n) is 43.5. The SMILES string of the molecule is CCc1cc(C(C)C)c(-c2cccc(-[n+]3[c-]n(-c4cc(Oc5ccc6c7ccccc7n(-c7cc(C(C)(C)C)ccn7)c6c5)cc(C(C)(C)C)c4)c(C(C)(C)C)c3C(C)(C)C)c2)c(C(C)C)c1. The molecule has 0 fully saturated rings. The average molecular weight is 891 g/mol. The smallest absolute Gasteiger partial charge is 0.269 e. The maximum atomic E-state index is 7.04. The molecular formula is C62H74N4O. The highest BCUT2D eigenvalue weighted by Crippen LogP contribution is 2.42. The third kappa shape index (κ3) is 9.24. The molecule has 348 valence electrons. The topological polar surface area (TPSA) is 35.9 Å². The Kier molecular flexibility index (Phi) is 12.3. The Morgan fingerprint density at radius 1 is 0.597 bits per heavy atom. The van der Waals surface area contributed by atoms with Crippen molar-refractivity contribution in [3.8, 4) is 39.8 Å². The van der Waals surface area contributed by atoms with E-state index in [2.05, 4.69) is 247 Å². The molecule has 0 atom stereocenters. The second-order valence-electron chi connectivity index (χ2n) is 23.6. The summed E-state index contributed by atoms with van der Waals surface area (Å²) in [7, 11) is 0. The number of imidazole rings is 1. The Hall–Kier alpha value is -5.94. The van der Waals surface area contributed by atoms with Crippen LogP contribution in [0.15, 0.2) is 115 Å². The normalized spacial score (nSPS) is 12.9. The summed E-state index contributed by atoms with van der Waals surface area (Å²) < 4.78 is 14.0. The van der Waals surface area contributed by atoms with Gasteiger partial charge in [-0.05, 0) is 140 Å². The Balaban J connectivity index is 1.31. The molecule has 3 aromatic heterocycles. The van der Waals surface area contributed by atoms with Gasteiger partial charge in [-0.3, -0.25) is 13.7 Å². The van der Waals surface area contributed by atoms with E-state index in [-0.39, 0.29) is 21.7 Å². The zero-order valence-corrected chi connectivity index (χ0v) is 43.5. The van der Waals surface area contributed by atoms with Crippen molar-refractivity contribution in [3.63, 3.8) is 0 Å². The summed E-state index contributed by atoms with van der Waals surface area (Å²) >= 11 is 0. The minimum Gasteiger partial charge on any atom is -0.458 e. The average Bonchev–Trinajstić information content (AvgIpc) is 3.83. The Bertz CT molecular complexity index is 3100. The number of hydrogen-bond donors (Lipinski definition) is 0. The molecule has 0 saturated heterocycles. The van der Waals surface area contributed by atoms with Crippen molar-refractivity contribution < 1.29 is 9.30 Å². The van der Waals surface area contributed by atoms with Crippen molar-refractivity contribution in [1.82, 2.24) is 14.1 Å². The number of para-hydroxylation sites is 1. The van der Waals surface area contributed by atoms with Crippen LogP contribution in [0.2, 0.25) is 0 Å². The Morgan fingerprint density at radius 3 is 1.87 bits per heavy atom. The lowest BCUT2D eigenvalue weighted by molar-refractivity contribution is -0.611. The Labute approximate surface area is 401 Å². The van der Waals surface area contributed by atoms with Crippen molar-refractivity contribution in [2.75, 3.05) is 0 Å². The summed E-state index contributed by atoms with van der Waals surface area (Å²) in [6.07, 6.45) is 6.94. The van der Waals surface area contributed by atoms with E-state index >= 15 is 0 Å². The van der Waals surface area contributed by atoms with Gasteiger partial charge in [-0.15, -0.1) is 0 Å². The molecule has 67 heavy (non-hydrogen) atoms. The van der Waals surface area contributed by atoms with E-state index in [4.69, 9.17) is 9.72 Å². The predicted octanol–water partition coefficient (Wildman–Crippen LogP) is 16.5. The van der Waals surface area contributed by atoms with Gasteiger partial charge < -0.3 is 4.74 Å². The Morgan fingerprint density at radius 2 is 1.25 bits per heavy atom. The predicted molar refractivity (Wildman–Crippen MR) is 283 cm³/mol. The number of hydrogen-bond acceptors (Lipinski definition) is 2. The first-order valence-corrected chi connectivity index (χ1v) is 24.6. The lowest BCUT2D eigenvalue weighted by atomic mass is 9.81. The van der Waals surface area contributed by atoms with E-state index in [1.54, 1.807) is 0 Å². The largest absolute Gasteiger partial charge is 0.458 e. The van der Waals surface area contributed by atoms with Crippen LogP contribution in [0.1, 0.15) is 169 Å². The number of fused-ring (bicyclic) bond motifs is 3. The van der Waals surface area contributed by atoms with Gasteiger partial charge in [0.1, 0.15) is 17.3 Å². The molecule has 5 nitrogen and oxygen atoms in total. The lowest BCUT2D eigenvalue weighted by Gasteiger charge is -2.30. The van der Waals surface area contributed by atoms with Gasteiger partial charge in [0.25, 0.3) is 6.33 Å². The van der Waals surface area contributed by atoms with Crippen molar-refractivity contribution in [3.05, 3.63) is 161 Å². The molecule has 0 saturated carbocycles. The fourth-order valence-corrected chi connectivity index (χ4v) is 9.78. The van der Waals surface area contributed by atoms with Crippen LogP contribution in [0, 0.1) is 6.33 Å². The summed E-state index contributed by atoms with van der Waals surface area (Å²) in [4.78, 5) is 4.93. The molecule has 0 N–H and O–H groups in total. The summed E-state index contributed by atoms with van der Waals surface area (Å²) in [5, 5.41) is 2.35. The molecule has 8 aromatic rings. The monoisotopic (exact) mass is 891 g/mol. The van der Waals surface area contributed by atoms with Gasteiger partial charge in [-0.2, -0.15) is 0 Å². The van der Waals surface area contributed by atoms with Crippen LogP contribution in [-0.4, -0.2) is 14.1 Å². The molecule has 5 aromatic carbocycles. The molecule has 0 spiro atoms. The number of ether oxygens (including phenoxy) is 1. The van der Waals surface area contributed by atoms with Gasteiger partial charge in [0.05, 0.1) is 33.8 Å². The van der Waals surface area contributed by atoms with Gasteiger partial charge in [0.2, 0.25) is 0 Å². The van der Waals surface area contributed by atoms with Crippen LogP contribution in [0.5, 0.6) is 11.5 Å². The molecule has 5 heteroatoms. The van der Waals surface area contributed by atoms with Crippen molar-refractivity contribution >= 4 is 21.8 Å². The second kappa shape index (κ2) is 17.3. The molecule has 0 aliphatic carbocycles. The first kappa shape index (κ1) is 47.5. The number of rotatable bonds is 9. The summed E-state index contributed by atoms with van der Waals surface area (Å²) in [5.41, 5.74) is 15.4. The fraction of sp³-hybridized carbons (Fsp3) is 0.387. The number of aryl methyl sites for hydroxylation is 1. The van der Waals surface area contributed by atoms with E-state index in [9.17, 15) is 0 Å². The molecule has 0 aliphatic rings. The second-order valence-corrected chi connectivity index (χ2v) is 23.6. The van der Waals surface area contributed by atoms with E-state index in [0.29, 0.717) is 11.8 Å². The maximum absolute atomic E-state index is 7.04. The summed E-state index contributed by atoms with van der Waals surface area (Å²) in [6, 6.07) is 40.2. The van der Waals surface area contributed by atoms with Crippen LogP contribution < -0.4 is 9.30 Å². The number of benzene rings is 5. The highest BCUT2D eigenvalue weighted by atomic mass is 16.5. The number of aromatic nitrogens is 4. The minimum absolute atomic E-state index is 0.0163. The van der Waals surface area contributed by atoms with Gasteiger partial charge in [-0.25, -0.2) is 4.98 Å². The van der Waals surface area contributed by atoms with Crippen LogP contribution in [0.3, 0.4) is 0 Å². The molecular weight excluding hydrogens is 817 g/mol. The summed E-state index contributed by atoms with van der Waals surface area (Å²) in [6.45, 7) is 39.1. The van der Waals surface area contributed by atoms with Gasteiger partial charge in [-0.1, -0.05) is 160 Å². The molecule has 0 unspecified atom stereocenters. The highest BCUT2D eigenvalue weighted by molar-refractivity contribution is 6.09. The third-order valence-corrected chi connectivity index (χ3v) is 13.3. The first-order chi connectivity index (χ1) is 31.3. The van der Waals surface area contributed by atoms with Crippen LogP contribution >= 0.6 is 0 Å². The fourth-order valence-electron chi connectivity index (χ4n) is 9.78. The van der Waals surface area contributed by atoms with Crippen LogP contribution in [0.4, 0.5) is 0 Å². The molecule has 0 aliphatic heterocycles. The van der Waals surface area contributed by atoms with E-state index < -0.39 is 0 Å². The standard InChI is InChI=1S/C62H74N4O/c1-18-41-30-51(39(2)3)56(52(31-41)40(4)5)42-22-21-23-45(32-42)64-38-65(58(62(15,16)17)57(64)61(12,13)14)46-33-44(60(9,10)11)34-48(36-46)67-47-26-27-50-49-24-19-20-25-53(49)66(54(50)37-47)55-35-43(28-29-63-55)59(6,7)8/h19-37,39-40H,18H2,1-17H3. The minimum atomic E-state index is -0.233. The maximum Gasteiger partial charge on any atom is 0.269 e. The summed E-state index contributed by atoms with van der Waals surface area (Å²) in [5.74, 6) is 3.23. The molecule has 0 bridgehead atoms.